The number of ether oxygens (including phenoxy) is 1. The zero-order valence-electron chi connectivity index (χ0n) is 16.6. The summed E-state index contributed by atoms with van der Waals surface area (Å²) in [6.07, 6.45) is 15.4. The summed E-state index contributed by atoms with van der Waals surface area (Å²) < 4.78 is 5.74. The van der Waals surface area contributed by atoms with Crippen LogP contribution in [0.2, 0.25) is 0 Å². The molecule has 0 unspecified atom stereocenters. The number of aliphatic hydroxyl groups is 1. The molecule has 0 aromatic heterocycles. The molecular formula is C23H34O3. The molecule has 0 radical (unpaired) electrons. The van der Waals surface area contributed by atoms with Crippen molar-refractivity contribution in [2.45, 2.75) is 90.3 Å². The van der Waals surface area contributed by atoms with Gasteiger partial charge in [-0.2, -0.15) is 0 Å². The second-order valence-corrected chi connectivity index (χ2v) is 10.3. The standard InChI is InChI=1S/C23H34O3/c1-5-23(25)13-12-21(3)16(14-23)6-7-17-18-8-9-20(26-15(2)24)22(18,4)11-10-19(17)21/h1,16-20,25H,6-14H2,2-4H3/t16-,17+,18-,19-,20-,21-,22-,23+/m0/s1. The minimum atomic E-state index is -0.881. The van der Waals surface area contributed by atoms with E-state index in [1.807, 2.05) is 0 Å². The van der Waals surface area contributed by atoms with Gasteiger partial charge in [-0.3, -0.25) is 4.79 Å². The number of fused-ring (bicyclic) bond motifs is 5. The van der Waals surface area contributed by atoms with Crippen molar-refractivity contribution >= 4 is 5.97 Å². The monoisotopic (exact) mass is 358 g/mol. The average molecular weight is 359 g/mol. The average Bonchev–Trinajstić information content (AvgIpc) is 2.92. The van der Waals surface area contributed by atoms with Gasteiger partial charge in [0.15, 0.2) is 0 Å². The van der Waals surface area contributed by atoms with Gasteiger partial charge >= 0.3 is 5.97 Å². The Labute approximate surface area is 158 Å². The van der Waals surface area contributed by atoms with Gasteiger partial charge in [0.25, 0.3) is 0 Å². The first-order valence-corrected chi connectivity index (χ1v) is 10.6. The molecule has 0 saturated heterocycles. The van der Waals surface area contributed by atoms with Crippen molar-refractivity contribution in [1.82, 2.24) is 0 Å². The minimum Gasteiger partial charge on any atom is -0.462 e. The quantitative estimate of drug-likeness (QED) is 0.561. The summed E-state index contributed by atoms with van der Waals surface area (Å²) in [4.78, 5) is 11.6. The molecule has 1 N–H and O–H groups in total. The van der Waals surface area contributed by atoms with Crippen molar-refractivity contribution in [2.24, 2.45) is 34.5 Å². The highest BCUT2D eigenvalue weighted by atomic mass is 16.5. The van der Waals surface area contributed by atoms with Crippen LogP contribution in [0.1, 0.15) is 78.6 Å². The van der Waals surface area contributed by atoms with E-state index in [2.05, 4.69) is 19.8 Å². The smallest absolute Gasteiger partial charge is 0.302 e. The highest BCUT2D eigenvalue weighted by Crippen LogP contribution is 2.67. The molecule has 4 saturated carbocycles. The van der Waals surface area contributed by atoms with Gasteiger partial charge in [0.05, 0.1) is 0 Å². The summed E-state index contributed by atoms with van der Waals surface area (Å²) in [5.41, 5.74) is -0.412. The maximum Gasteiger partial charge on any atom is 0.302 e. The zero-order valence-corrected chi connectivity index (χ0v) is 16.6. The molecule has 4 rings (SSSR count). The third-order valence-corrected chi connectivity index (χ3v) is 9.22. The lowest BCUT2D eigenvalue weighted by Gasteiger charge is -2.61. The molecule has 0 aromatic carbocycles. The van der Waals surface area contributed by atoms with Gasteiger partial charge in [-0.05, 0) is 86.9 Å². The molecule has 0 spiro atoms. The predicted molar refractivity (Wildman–Crippen MR) is 101 cm³/mol. The Hall–Kier alpha value is -1.01. The third kappa shape index (κ3) is 2.55. The molecule has 8 atom stereocenters. The molecule has 0 aliphatic heterocycles. The molecule has 3 nitrogen and oxygen atoms in total. The number of rotatable bonds is 1. The summed E-state index contributed by atoms with van der Waals surface area (Å²) >= 11 is 0. The topological polar surface area (TPSA) is 46.5 Å². The van der Waals surface area contributed by atoms with Crippen molar-refractivity contribution in [3.63, 3.8) is 0 Å². The van der Waals surface area contributed by atoms with Crippen LogP contribution in [0.5, 0.6) is 0 Å². The molecule has 0 aromatic rings. The number of hydrogen-bond acceptors (Lipinski definition) is 3. The van der Waals surface area contributed by atoms with E-state index >= 15 is 0 Å². The van der Waals surface area contributed by atoms with Gasteiger partial charge in [0, 0.05) is 12.3 Å². The van der Waals surface area contributed by atoms with E-state index in [0.717, 1.165) is 37.5 Å². The first kappa shape index (κ1) is 18.4. The molecule has 4 aliphatic rings. The Bertz CT molecular complexity index is 636. The SMILES string of the molecule is C#C[C@@]1(O)CC[C@@]2(C)[C@@H](CC[C@H]3[C@@H]2CC[C@]2(C)[C@@H](OC(C)=O)CC[C@@H]32)C1. The summed E-state index contributed by atoms with van der Waals surface area (Å²) in [5.74, 6) is 5.25. The molecular weight excluding hydrogens is 324 g/mol. The number of carbonyl (C=O) groups is 1. The molecule has 4 fully saturated rings. The molecule has 4 aliphatic carbocycles. The molecule has 26 heavy (non-hydrogen) atoms. The minimum absolute atomic E-state index is 0.106. The van der Waals surface area contributed by atoms with E-state index in [1.54, 1.807) is 6.92 Å². The number of terminal acetylenes is 1. The van der Waals surface area contributed by atoms with E-state index in [1.165, 1.54) is 32.1 Å². The number of esters is 1. The Morgan fingerprint density at radius 1 is 1.04 bits per heavy atom. The second kappa shape index (κ2) is 5.99. The van der Waals surface area contributed by atoms with Crippen LogP contribution in [-0.4, -0.2) is 22.8 Å². The fourth-order valence-electron chi connectivity index (χ4n) is 7.72. The van der Waals surface area contributed by atoms with Crippen molar-refractivity contribution in [3.05, 3.63) is 0 Å². The third-order valence-electron chi connectivity index (χ3n) is 9.22. The lowest BCUT2D eigenvalue weighted by atomic mass is 9.44. The number of carbonyl (C=O) groups excluding carboxylic acids is 1. The second-order valence-electron chi connectivity index (χ2n) is 10.3. The molecule has 144 valence electrons. The summed E-state index contributed by atoms with van der Waals surface area (Å²) in [6, 6.07) is 0. The maximum absolute atomic E-state index is 11.6. The van der Waals surface area contributed by atoms with Gasteiger partial charge in [-0.1, -0.05) is 19.8 Å². The summed E-state index contributed by atoms with van der Waals surface area (Å²) in [5, 5.41) is 10.7. The van der Waals surface area contributed by atoms with Crippen LogP contribution in [0.15, 0.2) is 0 Å². The largest absolute Gasteiger partial charge is 0.462 e. The Morgan fingerprint density at radius 3 is 2.46 bits per heavy atom. The summed E-state index contributed by atoms with van der Waals surface area (Å²) in [6.45, 7) is 6.40. The van der Waals surface area contributed by atoms with Gasteiger partial charge in [-0.25, -0.2) is 0 Å². The van der Waals surface area contributed by atoms with E-state index in [-0.39, 0.29) is 17.5 Å². The van der Waals surface area contributed by atoms with Gasteiger partial charge in [0.1, 0.15) is 11.7 Å². The first-order valence-electron chi connectivity index (χ1n) is 10.6. The van der Waals surface area contributed by atoms with Gasteiger partial charge < -0.3 is 9.84 Å². The molecule has 0 bridgehead atoms. The van der Waals surface area contributed by atoms with Crippen LogP contribution in [-0.2, 0) is 9.53 Å². The van der Waals surface area contributed by atoms with Crippen LogP contribution in [0.25, 0.3) is 0 Å². The highest BCUT2D eigenvalue weighted by molar-refractivity contribution is 5.66. The lowest BCUT2D eigenvalue weighted by molar-refractivity contribution is -0.165. The fourth-order valence-corrected chi connectivity index (χ4v) is 7.72. The van der Waals surface area contributed by atoms with Crippen molar-refractivity contribution in [1.29, 1.82) is 0 Å². The van der Waals surface area contributed by atoms with Gasteiger partial charge in [0.2, 0.25) is 0 Å². The normalized spacial score (nSPS) is 53.0. The van der Waals surface area contributed by atoms with E-state index < -0.39 is 5.60 Å². The van der Waals surface area contributed by atoms with E-state index in [9.17, 15) is 9.90 Å². The lowest BCUT2D eigenvalue weighted by Crippen LogP contribution is -2.56. The first-order chi connectivity index (χ1) is 12.2. The van der Waals surface area contributed by atoms with Crippen LogP contribution >= 0.6 is 0 Å². The van der Waals surface area contributed by atoms with E-state index in [4.69, 9.17) is 11.2 Å². The number of hydrogen-bond donors (Lipinski definition) is 1. The highest BCUT2D eigenvalue weighted by Gasteiger charge is 2.61. The molecule has 0 heterocycles. The fraction of sp³-hybridized carbons (Fsp3) is 0.870. The predicted octanol–water partition coefficient (Wildman–Crippen LogP) is 4.33. The Balaban J connectivity index is 1.57. The zero-order chi connectivity index (χ0) is 18.7. The Kier molecular flexibility index (Phi) is 4.23. The Morgan fingerprint density at radius 2 is 1.77 bits per heavy atom. The van der Waals surface area contributed by atoms with Crippen LogP contribution in [0.3, 0.4) is 0 Å². The van der Waals surface area contributed by atoms with Crippen molar-refractivity contribution in [2.75, 3.05) is 0 Å². The van der Waals surface area contributed by atoms with Crippen molar-refractivity contribution in [3.8, 4) is 12.3 Å². The molecule has 3 heteroatoms. The van der Waals surface area contributed by atoms with Crippen LogP contribution in [0, 0.1) is 46.8 Å². The maximum atomic E-state index is 11.6. The summed E-state index contributed by atoms with van der Waals surface area (Å²) in [7, 11) is 0. The van der Waals surface area contributed by atoms with E-state index in [0.29, 0.717) is 17.3 Å². The van der Waals surface area contributed by atoms with Gasteiger partial charge in [-0.15, -0.1) is 6.42 Å². The van der Waals surface area contributed by atoms with Crippen LogP contribution in [0.4, 0.5) is 0 Å². The molecule has 0 amide bonds. The van der Waals surface area contributed by atoms with Crippen LogP contribution < -0.4 is 0 Å². The van der Waals surface area contributed by atoms with Crippen molar-refractivity contribution < 1.29 is 14.6 Å².